The highest BCUT2D eigenvalue weighted by atomic mass is 16.5. The first-order valence-corrected chi connectivity index (χ1v) is 7.06. The lowest BCUT2D eigenvalue weighted by Crippen LogP contribution is -2.20. The Kier molecular flexibility index (Phi) is 4.56. The van der Waals surface area contributed by atoms with Gasteiger partial charge in [0.15, 0.2) is 11.5 Å². The first-order valence-electron chi connectivity index (χ1n) is 7.06. The van der Waals surface area contributed by atoms with Crippen molar-refractivity contribution in [1.29, 1.82) is 0 Å². The maximum absolute atomic E-state index is 6.20. The molecule has 3 nitrogen and oxygen atoms in total. The van der Waals surface area contributed by atoms with Crippen molar-refractivity contribution < 1.29 is 14.2 Å². The van der Waals surface area contributed by atoms with Crippen molar-refractivity contribution >= 4 is 0 Å². The van der Waals surface area contributed by atoms with Crippen LogP contribution in [0, 0.1) is 13.8 Å². The molecule has 1 saturated carbocycles. The second-order valence-electron chi connectivity index (χ2n) is 5.26. The molecule has 2 rings (SSSR count). The molecule has 1 fully saturated rings. The monoisotopic (exact) mass is 264 g/mol. The summed E-state index contributed by atoms with van der Waals surface area (Å²) in [4.78, 5) is 0. The zero-order valence-electron chi connectivity index (χ0n) is 12.4. The third-order valence-electron chi connectivity index (χ3n) is 3.87. The fourth-order valence-corrected chi connectivity index (χ4v) is 2.87. The lowest BCUT2D eigenvalue weighted by molar-refractivity contribution is 0.148. The molecule has 0 bridgehead atoms. The average Bonchev–Trinajstić information content (AvgIpc) is 2.43. The molecule has 0 saturated heterocycles. The van der Waals surface area contributed by atoms with Gasteiger partial charge < -0.3 is 14.2 Å². The van der Waals surface area contributed by atoms with E-state index in [1.54, 1.807) is 14.2 Å². The average molecular weight is 264 g/mol. The second kappa shape index (κ2) is 6.18. The first-order chi connectivity index (χ1) is 9.17. The fourth-order valence-electron chi connectivity index (χ4n) is 2.87. The largest absolute Gasteiger partial charge is 0.496 e. The molecule has 0 aromatic heterocycles. The Morgan fingerprint density at radius 1 is 0.947 bits per heavy atom. The van der Waals surface area contributed by atoms with Crippen molar-refractivity contribution in [2.24, 2.45) is 0 Å². The number of methoxy groups -OCH3 is 2. The number of rotatable bonds is 4. The van der Waals surface area contributed by atoms with Crippen LogP contribution in [0.15, 0.2) is 6.07 Å². The number of hydrogen-bond donors (Lipinski definition) is 0. The van der Waals surface area contributed by atoms with Crippen LogP contribution >= 0.6 is 0 Å². The van der Waals surface area contributed by atoms with Gasteiger partial charge in [0, 0.05) is 5.56 Å². The van der Waals surface area contributed by atoms with Gasteiger partial charge in [-0.25, -0.2) is 0 Å². The molecule has 0 spiro atoms. The van der Waals surface area contributed by atoms with Gasteiger partial charge in [-0.05, 0) is 51.2 Å². The van der Waals surface area contributed by atoms with E-state index < -0.39 is 0 Å². The molecule has 106 valence electrons. The minimum atomic E-state index is 0.314. The maximum atomic E-state index is 6.20. The SMILES string of the molecule is COc1cc(C)c(OC)c(C)c1OC1CCCCC1. The van der Waals surface area contributed by atoms with Gasteiger partial charge in [0.1, 0.15) is 5.75 Å². The van der Waals surface area contributed by atoms with E-state index in [1.165, 1.54) is 19.3 Å². The van der Waals surface area contributed by atoms with Crippen molar-refractivity contribution in [3.63, 3.8) is 0 Å². The van der Waals surface area contributed by atoms with Gasteiger partial charge in [-0.1, -0.05) is 6.42 Å². The minimum absolute atomic E-state index is 0.314. The second-order valence-corrected chi connectivity index (χ2v) is 5.26. The van der Waals surface area contributed by atoms with Crippen LogP contribution in [0.3, 0.4) is 0 Å². The summed E-state index contributed by atoms with van der Waals surface area (Å²) < 4.78 is 17.1. The molecule has 1 aliphatic rings. The van der Waals surface area contributed by atoms with E-state index in [4.69, 9.17) is 14.2 Å². The highest BCUT2D eigenvalue weighted by molar-refractivity contribution is 5.57. The summed E-state index contributed by atoms with van der Waals surface area (Å²) in [5.41, 5.74) is 2.11. The smallest absolute Gasteiger partial charge is 0.168 e. The molecule has 3 heteroatoms. The molecule has 1 aromatic carbocycles. The van der Waals surface area contributed by atoms with Crippen molar-refractivity contribution in [2.45, 2.75) is 52.1 Å². The Morgan fingerprint density at radius 3 is 2.21 bits per heavy atom. The summed E-state index contributed by atoms with van der Waals surface area (Å²) in [6.45, 7) is 4.06. The van der Waals surface area contributed by atoms with Crippen LogP contribution in [0.2, 0.25) is 0 Å². The Labute approximate surface area is 115 Å². The van der Waals surface area contributed by atoms with E-state index in [-0.39, 0.29) is 0 Å². The maximum Gasteiger partial charge on any atom is 0.168 e. The third kappa shape index (κ3) is 2.96. The van der Waals surface area contributed by atoms with Gasteiger partial charge in [-0.15, -0.1) is 0 Å². The predicted molar refractivity (Wildman–Crippen MR) is 76.5 cm³/mol. The van der Waals surface area contributed by atoms with Crippen LogP contribution < -0.4 is 14.2 Å². The van der Waals surface area contributed by atoms with Crippen LogP contribution in [0.5, 0.6) is 17.2 Å². The topological polar surface area (TPSA) is 27.7 Å². The number of benzene rings is 1. The van der Waals surface area contributed by atoms with Crippen LogP contribution in [0.25, 0.3) is 0 Å². The molecule has 0 amide bonds. The minimum Gasteiger partial charge on any atom is -0.496 e. The molecular weight excluding hydrogens is 240 g/mol. The van der Waals surface area contributed by atoms with E-state index in [2.05, 4.69) is 0 Å². The van der Waals surface area contributed by atoms with E-state index in [0.29, 0.717) is 6.10 Å². The lowest BCUT2D eigenvalue weighted by Gasteiger charge is -2.26. The molecule has 1 aliphatic carbocycles. The van der Waals surface area contributed by atoms with Crippen molar-refractivity contribution in [3.05, 3.63) is 17.2 Å². The van der Waals surface area contributed by atoms with Gasteiger partial charge in [0.2, 0.25) is 0 Å². The zero-order chi connectivity index (χ0) is 13.8. The highest BCUT2D eigenvalue weighted by Crippen LogP contribution is 2.41. The standard InChI is InChI=1S/C16H24O3/c1-11-10-14(17-3)16(12(2)15(11)18-4)19-13-8-6-5-7-9-13/h10,13H,5-9H2,1-4H3. The number of aryl methyl sites for hydroxylation is 1. The molecule has 19 heavy (non-hydrogen) atoms. The van der Waals surface area contributed by atoms with E-state index in [0.717, 1.165) is 41.2 Å². The zero-order valence-corrected chi connectivity index (χ0v) is 12.4. The molecule has 1 aromatic rings. The van der Waals surface area contributed by atoms with Gasteiger partial charge in [-0.3, -0.25) is 0 Å². The Balaban J connectivity index is 2.31. The summed E-state index contributed by atoms with van der Waals surface area (Å²) in [5, 5.41) is 0. The molecule has 0 aliphatic heterocycles. The molecule has 0 atom stereocenters. The number of hydrogen-bond acceptors (Lipinski definition) is 3. The summed E-state index contributed by atoms with van der Waals surface area (Å²) in [6, 6.07) is 1.99. The van der Waals surface area contributed by atoms with Crippen LogP contribution in [-0.2, 0) is 0 Å². The Bertz CT molecular complexity index is 434. The van der Waals surface area contributed by atoms with Crippen molar-refractivity contribution in [1.82, 2.24) is 0 Å². The van der Waals surface area contributed by atoms with Gasteiger partial charge in [-0.2, -0.15) is 0 Å². The molecule has 0 heterocycles. The first kappa shape index (κ1) is 14.0. The molecular formula is C16H24O3. The van der Waals surface area contributed by atoms with Gasteiger partial charge in [0.05, 0.1) is 20.3 Å². The summed E-state index contributed by atoms with van der Waals surface area (Å²) in [6.07, 6.45) is 6.43. The Morgan fingerprint density at radius 2 is 1.63 bits per heavy atom. The van der Waals surface area contributed by atoms with Crippen LogP contribution in [0.4, 0.5) is 0 Å². The summed E-state index contributed by atoms with van der Waals surface area (Å²) >= 11 is 0. The van der Waals surface area contributed by atoms with Crippen LogP contribution in [0.1, 0.15) is 43.2 Å². The van der Waals surface area contributed by atoms with E-state index in [1.807, 2.05) is 19.9 Å². The van der Waals surface area contributed by atoms with E-state index >= 15 is 0 Å². The fraction of sp³-hybridized carbons (Fsp3) is 0.625. The third-order valence-corrected chi connectivity index (χ3v) is 3.87. The van der Waals surface area contributed by atoms with Crippen LogP contribution in [-0.4, -0.2) is 20.3 Å². The highest BCUT2D eigenvalue weighted by Gasteiger charge is 2.21. The Hall–Kier alpha value is -1.38. The van der Waals surface area contributed by atoms with Crippen molar-refractivity contribution in [2.75, 3.05) is 14.2 Å². The summed E-state index contributed by atoms with van der Waals surface area (Å²) in [7, 11) is 3.39. The van der Waals surface area contributed by atoms with Gasteiger partial charge >= 0.3 is 0 Å². The molecule has 0 radical (unpaired) electrons. The van der Waals surface area contributed by atoms with Gasteiger partial charge in [0.25, 0.3) is 0 Å². The quantitative estimate of drug-likeness (QED) is 0.821. The lowest BCUT2D eigenvalue weighted by atomic mass is 9.97. The summed E-state index contributed by atoms with van der Waals surface area (Å²) in [5.74, 6) is 2.55. The van der Waals surface area contributed by atoms with Crippen molar-refractivity contribution in [3.8, 4) is 17.2 Å². The van der Waals surface area contributed by atoms with E-state index in [9.17, 15) is 0 Å². The number of ether oxygens (including phenoxy) is 3. The predicted octanol–water partition coefficient (Wildman–Crippen LogP) is 4.03. The molecule has 0 unspecified atom stereocenters. The normalized spacial score (nSPS) is 16.2. The molecule has 0 N–H and O–H groups in total.